The normalized spacial score (nSPS) is 11.7. The highest BCUT2D eigenvalue weighted by Gasteiger charge is 2.22. The van der Waals surface area contributed by atoms with Crippen LogP contribution in [0, 0.1) is 0 Å². The quantitative estimate of drug-likeness (QED) is 0.891. The molecule has 0 saturated carbocycles. The third-order valence-electron chi connectivity index (χ3n) is 2.34. The summed E-state index contributed by atoms with van der Waals surface area (Å²) in [6.07, 6.45) is 0.351. The fraction of sp³-hybridized carbons (Fsp3) is 0.273. The van der Waals surface area contributed by atoms with Crippen LogP contribution in [0.5, 0.6) is 0 Å². The molecule has 2 rings (SSSR count). The lowest BCUT2D eigenvalue weighted by Crippen LogP contribution is -2.05. The van der Waals surface area contributed by atoms with E-state index in [4.69, 9.17) is 21.8 Å². The van der Waals surface area contributed by atoms with Crippen molar-refractivity contribution in [3.8, 4) is 0 Å². The van der Waals surface area contributed by atoms with E-state index in [1.54, 1.807) is 24.3 Å². The van der Waals surface area contributed by atoms with Crippen LogP contribution in [-0.4, -0.2) is 25.2 Å². The van der Waals surface area contributed by atoms with E-state index in [-0.39, 0.29) is 16.9 Å². The molecule has 0 radical (unpaired) electrons. The fourth-order valence-corrected chi connectivity index (χ4v) is 2.72. The molecule has 0 fully saturated rings. The molecule has 6 nitrogen and oxygen atoms in total. The summed E-state index contributed by atoms with van der Waals surface area (Å²) in [5, 5.41) is 7.33. The van der Waals surface area contributed by atoms with E-state index < -0.39 is 9.84 Å². The van der Waals surface area contributed by atoms with Gasteiger partial charge in [0.1, 0.15) is 0 Å². The Hall–Kier alpha value is -1.44. The first-order valence-corrected chi connectivity index (χ1v) is 7.54. The van der Waals surface area contributed by atoms with Crippen LogP contribution in [0.3, 0.4) is 0 Å². The van der Waals surface area contributed by atoms with Gasteiger partial charge >= 0.3 is 5.22 Å². The molecule has 0 saturated heterocycles. The Labute approximate surface area is 115 Å². The molecule has 0 atom stereocenters. The third-order valence-corrected chi connectivity index (χ3v) is 4.00. The Kier molecular flexibility index (Phi) is 4.18. The van der Waals surface area contributed by atoms with E-state index >= 15 is 0 Å². The largest absolute Gasteiger partial charge is 0.412 e. The minimum absolute atomic E-state index is 0.214. The van der Waals surface area contributed by atoms with Crippen molar-refractivity contribution in [1.82, 2.24) is 10.2 Å². The molecular weight excluding hydrogens is 290 g/mol. The summed E-state index contributed by atoms with van der Waals surface area (Å²) < 4.78 is 29.2. The van der Waals surface area contributed by atoms with Gasteiger partial charge in [0.15, 0.2) is 0 Å². The van der Waals surface area contributed by atoms with Gasteiger partial charge in [0.2, 0.25) is 15.7 Å². The molecule has 0 unspecified atom stereocenters. The molecule has 0 bridgehead atoms. The minimum Gasteiger partial charge on any atom is -0.412 e. The van der Waals surface area contributed by atoms with Gasteiger partial charge < -0.3 is 10.2 Å². The third kappa shape index (κ3) is 3.52. The van der Waals surface area contributed by atoms with Gasteiger partial charge in [-0.15, -0.1) is 5.10 Å². The van der Waals surface area contributed by atoms with Crippen LogP contribution >= 0.6 is 11.6 Å². The Morgan fingerprint density at radius 3 is 2.53 bits per heavy atom. The van der Waals surface area contributed by atoms with Gasteiger partial charge in [-0.2, -0.15) is 0 Å². The van der Waals surface area contributed by atoms with Crippen molar-refractivity contribution in [2.24, 2.45) is 5.73 Å². The van der Waals surface area contributed by atoms with Crippen LogP contribution in [0.1, 0.15) is 11.5 Å². The summed E-state index contributed by atoms with van der Waals surface area (Å²) in [7, 11) is -3.65. The lowest BCUT2D eigenvalue weighted by atomic mass is 10.2. The van der Waals surface area contributed by atoms with E-state index in [1.807, 2.05) is 0 Å². The van der Waals surface area contributed by atoms with Gasteiger partial charge in [0, 0.05) is 18.0 Å². The molecule has 1 aromatic heterocycles. The Bertz CT molecular complexity index is 652. The zero-order chi connectivity index (χ0) is 13.9. The standard InChI is InChI=1S/C11H12ClN3O3S/c12-9-3-1-8(2-4-9)7-19(16,17)11-15-14-10(18-11)5-6-13/h1-4H,5-7,13H2. The van der Waals surface area contributed by atoms with E-state index in [0.29, 0.717) is 23.6 Å². The van der Waals surface area contributed by atoms with Crippen molar-refractivity contribution in [3.05, 3.63) is 40.7 Å². The average Bonchev–Trinajstić information content (AvgIpc) is 2.82. The Morgan fingerprint density at radius 1 is 1.21 bits per heavy atom. The molecule has 8 heteroatoms. The Morgan fingerprint density at radius 2 is 1.89 bits per heavy atom. The van der Waals surface area contributed by atoms with Gasteiger partial charge in [0.05, 0.1) is 5.75 Å². The van der Waals surface area contributed by atoms with Crippen LogP contribution in [-0.2, 0) is 22.0 Å². The summed E-state index contributed by atoms with van der Waals surface area (Å²) in [5.74, 6) is 0.00575. The molecule has 0 spiro atoms. The predicted molar refractivity (Wildman–Crippen MR) is 69.4 cm³/mol. The van der Waals surface area contributed by atoms with E-state index in [1.165, 1.54) is 0 Å². The van der Waals surface area contributed by atoms with Crippen molar-refractivity contribution in [2.75, 3.05) is 6.54 Å². The van der Waals surface area contributed by atoms with Crippen LogP contribution in [0.2, 0.25) is 5.02 Å². The highest BCUT2D eigenvalue weighted by molar-refractivity contribution is 7.90. The number of hydrogen-bond acceptors (Lipinski definition) is 6. The molecule has 1 heterocycles. The molecule has 0 aliphatic heterocycles. The Balaban J connectivity index is 2.19. The van der Waals surface area contributed by atoms with Gasteiger partial charge in [-0.1, -0.05) is 28.8 Å². The highest BCUT2D eigenvalue weighted by Crippen LogP contribution is 2.17. The number of nitrogens with two attached hydrogens (primary N) is 1. The fourth-order valence-electron chi connectivity index (χ4n) is 1.45. The predicted octanol–water partition coefficient (Wildman–Crippen LogP) is 1.20. The van der Waals surface area contributed by atoms with Gasteiger partial charge in [-0.3, -0.25) is 0 Å². The first-order chi connectivity index (χ1) is 9.01. The van der Waals surface area contributed by atoms with Crippen LogP contribution in [0.15, 0.2) is 33.9 Å². The number of benzene rings is 1. The van der Waals surface area contributed by atoms with Gasteiger partial charge in [-0.25, -0.2) is 8.42 Å². The lowest BCUT2D eigenvalue weighted by Gasteiger charge is -2.00. The summed E-state index contributed by atoms with van der Waals surface area (Å²) in [6, 6.07) is 6.52. The summed E-state index contributed by atoms with van der Waals surface area (Å²) in [5.41, 5.74) is 5.93. The molecule has 19 heavy (non-hydrogen) atoms. The lowest BCUT2D eigenvalue weighted by molar-refractivity contribution is 0.397. The molecule has 2 aromatic rings. The molecule has 0 aliphatic rings. The van der Waals surface area contributed by atoms with Crippen molar-refractivity contribution < 1.29 is 12.8 Å². The topological polar surface area (TPSA) is 99.1 Å². The zero-order valence-corrected chi connectivity index (χ0v) is 11.5. The maximum atomic E-state index is 12.0. The molecule has 2 N–H and O–H groups in total. The second-order valence-corrected chi connectivity index (χ2v) is 6.19. The average molecular weight is 302 g/mol. The summed E-state index contributed by atoms with van der Waals surface area (Å²) in [4.78, 5) is 0. The van der Waals surface area contributed by atoms with Crippen LogP contribution < -0.4 is 5.73 Å². The zero-order valence-electron chi connectivity index (χ0n) is 9.91. The SMILES string of the molecule is NCCc1nnc(S(=O)(=O)Cc2ccc(Cl)cc2)o1. The van der Waals surface area contributed by atoms with Gasteiger partial charge in [0.25, 0.3) is 0 Å². The monoisotopic (exact) mass is 301 g/mol. The second-order valence-electron chi connectivity index (χ2n) is 3.89. The van der Waals surface area contributed by atoms with Crippen molar-refractivity contribution >= 4 is 21.4 Å². The summed E-state index contributed by atoms with van der Waals surface area (Å²) in [6.45, 7) is 0.318. The van der Waals surface area contributed by atoms with Crippen molar-refractivity contribution in [2.45, 2.75) is 17.4 Å². The molecule has 102 valence electrons. The first kappa shape index (κ1) is 14.0. The maximum Gasteiger partial charge on any atom is 0.335 e. The number of hydrogen-bond donors (Lipinski definition) is 1. The van der Waals surface area contributed by atoms with Crippen molar-refractivity contribution in [1.29, 1.82) is 0 Å². The number of nitrogens with zero attached hydrogens (tertiary/aromatic N) is 2. The number of halogens is 1. The van der Waals surface area contributed by atoms with E-state index in [0.717, 1.165) is 0 Å². The molecule has 0 amide bonds. The van der Waals surface area contributed by atoms with Crippen molar-refractivity contribution in [3.63, 3.8) is 0 Å². The molecule has 0 aliphatic carbocycles. The van der Waals surface area contributed by atoms with Crippen LogP contribution in [0.25, 0.3) is 0 Å². The molecular formula is C11H12ClN3O3S. The minimum atomic E-state index is -3.65. The van der Waals surface area contributed by atoms with Crippen LogP contribution in [0.4, 0.5) is 0 Å². The maximum absolute atomic E-state index is 12.0. The summed E-state index contributed by atoms with van der Waals surface area (Å²) >= 11 is 5.74. The van der Waals surface area contributed by atoms with Gasteiger partial charge in [-0.05, 0) is 17.7 Å². The van der Waals surface area contributed by atoms with E-state index in [9.17, 15) is 8.42 Å². The number of sulfone groups is 1. The smallest absolute Gasteiger partial charge is 0.335 e. The number of aromatic nitrogens is 2. The second kappa shape index (κ2) is 5.68. The van der Waals surface area contributed by atoms with E-state index in [2.05, 4.69) is 10.2 Å². The molecule has 1 aromatic carbocycles. The highest BCUT2D eigenvalue weighted by atomic mass is 35.5. The first-order valence-electron chi connectivity index (χ1n) is 5.51. The number of rotatable bonds is 5.